The minimum absolute atomic E-state index is 0.488. The lowest BCUT2D eigenvalue weighted by Gasteiger charge is -2.32. The summed E-state index contributed by atoms with van der Waals surface area (Å²) in [5, 5.41) is 10.4. The molecule has 0 bridgehead atoms. The normalized spacial score (nSPS) is 19.8. The van der Waals surface area contributed by atoms with Gasteiger partial charge in [-0.3, -0.25) is 4.57 Å². The molecule has 1 aromatic carbocycles. The van der Waals surface area contributed by atoms with Gasteiger partial charge in [0, 0.05) is 22.1 Å². The van der Waals surface area contributed by atoms with E-state index in [1.807, 2.05) is 27.7 Å². The zero-order chi connectivity index (χ0) is 16.3. The first-order valence-corrected chi connectivity index (χ1v) is 7.40. The van der Waals surface area contributed by atoms with Crippen LogP contribution in [-0.4, -0.2) is 34.1 Å². The van der Waals surface area contributed by atoms with Crippen molar-refractivity contribution in [1.29, 1.82) is 0 Å². The second-order valence-corrected chi connectivity index (χ2v) is 6.86. The predicted molar refractivity (Wildman–Crippen MR) is 86.1 cm³/mol. The van der Waals surface area contributed by atoms with E-state index in [0.29, 0.717) is 21.4 Å². The maximum atomic E-state index is 11.3. The summed E-state index contributed by atoms with van der Waals surface area (Å²) >= 11 is 6.34. The minimum atomic E-state index is -1.04. The van der Waals surface area contributed by atoms with Crippen LogP contribution in [0, 0.1) is 0 Å². The highest BCUT2D eigenvalue weighted by molar-refractivity contribution is 6.68. The van der Waals surface area contributed by atoms with Gasteiger partial charge >= 0.3 is 13.2 Å². The van der Waals surface area contributed by atoms with Crippen molar-refractivity contribution in [1.82, 2.24) is 4.57 Å². The van der Waals surface area contributed by atoms with Crippen LogP contribution in [-0.2, 0) is 9.31 Å². The van der Waals surface area contributed by atoms with Gasteiger partial charge in [-0.25, -0.2) is 4.79 Å². The van der Waals surface area contributed by atoms with Crippen LogP contribution in [0.1, 0.15) is 27.7 Å². The SMILES string of the molecule is CC1(C)OB(c2c(Cl)ccc3c2ccn3C(=O)O)OC1(C)C. The molecule has 2 heterocycles. The van der Waals surface area contributed by atoms with Gasteiger partial charge in [-0.2, -0.15) is 0 Å². The number of halogens is 1. The molecule has 5 nitrogen and oxygen atoms in total. The van der Waals surface area contributed by atoms with Crippen molar-refractivity contribution in [3.63, 3.8) is 0 Å². The number of benzene rings is 1. The molecule has 0 aliphatic carbocycles. The van der Waals surface area contributed by atoms with E-state index in [9.17, 15) is 9.90 Å². The van der Waals surface area contributed by atoms with E-state index in [4.69, 9.17) is 20.9 Å². The second kappa shape index (κ2) is 4.75. The van der Waals surface area contributed by atoms with Crippen LogP contribution in [0.5, 0.6) is 0 Å². The fraction of sp³-hybridized carbons (Fsp3) is 0.400. The van der Waals surface area contributed by atoms with Crippen LogP contribution in [0.2, 0.25) is 5.02 Å². The lowest BCUT2D eigenvalue weighted by Crippen LogP contribution is -2.41. The third-order valence-electron chi connectivity index (χ3n) is 4.56. The smallest absolute Gasteiger partial charge is 0.464 e. The third kappa shape index (κ3) is 2.14. The van der Waals surface area contributed by atoms with E-state index in [-0.39, 0.29) is 0 Å². The fourth-order valence-corrected chi connectivity index (χ4v) is 2.83. The molecule has 7 heteroatoms. The number of carboxylic acid groups (broad SMARTS) is 1. The quantitative estimate of drug-likeness (QED) is 0.820. The van der Waals surface area contributed by atoms with Gasteiger partial charge in [-0.15, -0.1) is 0 Å². The highest BCUT2D eigenvalue weighted by Gasteiger charge is 2.52. The fourth-order valence-electron chi connectivity index (χ4n) is 2.58. The molecule has 1 fully saturated rings. The Bertz CT molecular complexity index is 752. The number of fused-ring (bicyclic) bond motifs is 1. The first-order valence-electron chi connectivity index (χ1n) is 7.02. The molecule has 22 heavy (non-hydrogen) atoms. The van der Waals surface area contributed by atoms with Gasteiger partial charge in [0.15, 0.2) is 0 Å². The highest BCUT2D eigenvalue weighted by atomic mass is 35.5. The first-order chi connectivity index (χ1) is 10.1. The minimum Gasteiger partial charge on any atom is -0.464 e. The molecule has 3 rings (SSSR count). The standard InChI is InChI=1S/C15H17BClNO4/c1-14(2)15(3,4)22-16(21-14)12-9-7-8-18(13(19)20)11(9)6-5-10(12)17/h5-8H,1-4H3,(H,19,20). The van der Waals surface area contributed by atoms with Crippen molar-refractivity contribution >= 4 is 41.2 Å². The summed E-state index contributed by atoms with van der Waals surface area (Å²) in [4.78, 5) is 11.3. The molecule has 1 N–H and O–H groups in total. The monoisotopic (exact) mass is 321 g/mol. The molecule has 1 aliphatic rings. The largest absolute Gasteiger partial charge is 0.497 e. The summed E-state index contributed by atoms with van der Waals surface area (Å²) in [5.41, 5.74) is 0.247. The number of rotatable bonds is 1. The molecule has 1 saturated heterocycles. The average Bonchev–Trinajstić information content (AvgIpc) is 2.88. The Morgan fingerprint density at radius 2 is 1.77 bits per heavy atom. The van der Waals surface area contributed by atoms with Crippen molar-refractivity contribution in [3.8, 4) is 0 Å². The molecule has 0 saturated carbocycles. The summed E-state index contributed by atoms with van der Waals surface area (Å²) in [6.45, 7) is 7.85. The maximum Gasteiger partial charge on any atom is 0.497 e. The van der Waals surface area contributed by atoms with Gasteiger partial charge in [-0.1, -0.05) is 11.6 Å². The van der Waals surface area contributed by atoms with Gasteiger partial charge in [0.05, 0.1) is 16.7 Å². The van der Waals surface area contributed by atoms with Crippen LogP contribution in [0.15, 0.2) is 24.4 Å². The zero-order valence-corrected chi connectivity index (χ0v) is 13.6. The van der Waals surface area contributed by atoms with Crippen molar-refractivity contribution in [2.24, 2.45) is 0 Å². The number of hydrogen-bond donors (Lipinski definition) is 1. The summed E-state index contributed by atoms with van der Waals surface area (Å²) in [7, 11) is -0.633. The van der Waals surface area contributed by atoms with Gasteiger partial charge in [0.1, 0.15) is 0 Å². The van der Waals surface area contributed by atoms with Crippen molar-refractivity contribution in [2.75, 3.05) is 0 Å². The summed E-state index contributed by atoms with van der Waals surface area (Å²) in [5.74, 6) is 0. The van der Waals surface area contributed by atoms with Crippen LogP contribution in [0.3, 0.4) is 0 Å². The molecule has 116 valence electrons. The third-order valence-corrected chi connectivity index (χ3v) is 4.89. The van der Waals surface area contributed by atoms with Crippen molar-refractivity contribution in [3.05, 3.63) is 29.4 Å². The van der Waals surface area contributed by atoms with E-state index >= 15 is 0 Å². The van der Waals surface area contributed by atoms with Crippen LogP contribution >= 0.6 is 11.6 Å². The maximum absolute atomic E-state index is 11.3. The van der Waals surface area contributed by atoms with E-state index in [2.05, 4.69) is 0 Å². The summed E-state index contributed by atoms with van der Waals surface area (Å²) in [6.07, 6.45) is 0.454. The topological polar surface area (TPSA) is 60.7 Å². The van der Waals surface area contributed by atoms with E-state index < -0.39 is 24.4 Å². The Labute approximate surface area is 133 Å². The molecule has 1 aromatic heterocycles. The molecule has 2 aromatic rings. The van der Waals surface area contributed by atoms with Crippen LogP contribution in [0.25, 0.3) is 10.9 Å². The number of carbonyl (C=O) groups is 1. The van der Waals surface area contributed by atoms with Gasteiger partial charge < -0.3 is 14.4 Å². The number of aromatic nitrogens is 1. The van der Waals surface area contributed by atoms with Gasteiger partial charge in [-0.05, 0) is 45.9 Å². The van der Waals surface area contributed by atoms with Crippen molar-refractivity contribution < 1.29 is 19.2 Å². The molecule has 0 unspecified atom stereocenters. The lowest BCUT2D eigenvalue weighted by atomic mass is 9.77. The summed E-state index contributed by atoms with van der Waals surface area (Å²) < 4.78 is 13.2. The Balaban J connectivity index is 2.16. The van der Waals surface area contributed by atoms with Gasteiger partial charge in [0.2, 0.25) is 0 Å². The second-order valence-electron chi connectivity index (χ2n) is 6.45. The molecular weight excluding hydrogens is 304 g/mol. The van der Waals surface area contributed by atoms with E-state index in [1.54, 1.807) is 18.2 Å². The molecule has 0 radical (unpaired) electrons. The first kappa shape index (κ1) is 15.4. The Kier molecular flexibility index (Phi) is 3.32. The van der Waals surface area contributed by atoms with E-state index in [1.165, 1.54) is 6.20 Å². The predicted octanol–water partition coefficient (Wildman–Crippen LogP) is 3.12. The van der Waals surface area contributed by atoms with E-state index in [0.717, 1.165) is 4.57 Å². The zero-order valence-electron chi connectivity index (χ0n) is 12.9. The Hall–Kier alpha value is -1.50. The average molecular weight is 322 g/mol. The molecule has 0 spiro atoms. The number of nitrogens with zero attached hydrogens (tertiary/aromatic N) is 1. The molecule has 0 atom stereocenters. The molecule has 1 aliphatic heterocycles. The van der Waals surface area contributed by atoms with Crippen LogP contribution in [0.4, 0.5) is 4.79 Å². The summed E-state index contributed by atoms with van der Waals surface area (Å²) in [6, 6.07) is 5.07. The van der Waals surface area contributed by atoms with Crippen molar-refractivity contribution in [2.45, 2.75) is 38.9 Å². The van der Waals surface area contributed by atoms with Gasteiger partial charge in [0.25, 0.3) is 0 Å². The highest BCUT2D eigenvalue weighted by Crippen LogP contribution is 2.37. The Morgan fingerprint density at radius 1 is 1.18 bits per heavy atom. The molecule has 0 amide bonds. The molecular formula is C15H17BClNO4. The Morgan fingerprint density at radius 3 is 2.32 bits per heavy atom. The number of hydrogen-bond acceptors (Lipinski definition) is 3. The van der Waals surface area contributed by atoms with Crippen LogP contribution < -0.4 is 5.46 Å². The lowest BCUT2D eigenvalue weighted by molar-refractivity contribution is 0.00578.